The smallest absolute Gasteiger partial charge is 0.508 e. The van der Waals surface area contributed by atoms with Crippen molar-refractivity contribution in [1.82, 2.24) is 0 Å². The molecule has 0 saturated heterocycles. The summed E-state index contributed by atoms with van der Waals surface area (Å²) in [4.78, 5) is 0. The van der Waals surface area contributed by atoms with Crippen LogP contribution in [0.15, 0.2) is 36.4 Å². The van der Waals surface area contributed by atoms with Gasteiger partial charge in [0.05, 0.1) is 0 Å². The molecule has 10 atom stereocenters. The van der Waals surface area contributed by atoms with Crippen molar-refractivity contribution in [3.63, 3.8) is 0 Å². The van der Waals surface area contributed by atoms with Gasteiger partial charge >= 0.3 is 26.2 Å². The summed E-state index contributed by atoms with van der Waals surface area (Å²) < 4.78 is 0. The van der Waals surface area contributed by atoms with E-state index in [-0.39, 0.29) is 41.1 Å². The molecular formula is C34H54O2Zr. The molecule has 4 rings (SSSR count). The summed E-state index contributed by atoms with van der Waals surface area (Å²) in [6.07, 6.45) is 0. The van der Waals surface area contributed by atoms with Crippen molar-refractivity contribution in [2.24, 2.45) is 47.3 Å². The topological polar surface area (TPSA) is 40.5 Å². The Balaban J connectivity index is 0.000000648. The SMILES string of the molecule is Cc1ccc(O)c(C2[C@H](C)C(C)[C@@H](C)[C@H]2C)c1.Cc1ccc(O)c(C2[C@H](C)C(C)[C@@H](C)[C@H]2C)c1.[CH3-].[CH3-].[Zr+2]. The van der Waals surface area contributed by atoms with E-state index in [2.05, 4.69) is 81.4 Å². The molecule has 0 aliphatic heterocycles. The van der Waals surface area contributed by atoms with Gasteiger partial charge in [-0.25, -0.2) is 0 Å². The minimum atomic E-state index is 0. The average molecular weight is 586 g/mol. The van der Waals surface area contributed by atoms with E-state index in [1.54, 1.807) is 0 Å². The predicted octanol–water partition coefficient (Wildman–Crippen LogP) is 9.58. The van der Waals surface area contributed by atoms with Crippen molar-refractivity contribution in [3.05, 3.63) is 73.5 Å². The Morgan fingerprint density at radius 2 is 0.703 bits per heavy atom. The third kappa shape index (κ3) is 7.12. The summed E-state index contributed by atoms with van der Waals surface area (Å²) in [6.45, 7) is 22.9. The molecule has 2 aliphatic rings. The molecule has 2 aromatic carbocycles. The standard InChI is InChI=1S/2C16H24O.2CH3.Zr/c2*1-9-6-7-15(17)14(8-9)16-12(4)10(2)11(3)13(16)5;;;/h2*6-8,10-13,16-17H,1-5H3;2*1H3;/q;;2*-1;+2/t2*10-,11?,12-,13-,16?;;;/m11.../s1. The Labute approximate surface area is 248 Å². The summed E-state index contributed by atoms with van der Waals surface area (Å²) in [7, 11) is 0. The monoisotopic (exact) mass is 584 g/mol. The Bertz CT molecular complexity index is 878. The second-order valence-corrected chi connectivity index (χ2v) is 12.0. The fraction of sp³-hybridized carbons (Fsp3) is 0.588. The molecule has 0 heterocycles. The Kier molecular flexibility index (Phi) is 13.9. The van der Waals surface area contributed by atoms with Crippen LogP contribution in [-0.2, 0) is 26.2 Å². The van der Waals surface area contributed by atoms with E-state index in [0.29, 0.717) is 47.0 Å². The second-order valence-electron chi connectivity index (χ2n) is 12.0. The third-order valence-electron chi connectivity index (χ3n) is 10.3. The van der Waals surface area contributed by atoms with Gasteiger partial charge in [-0.15, -0.1) is 0 Å². The quantitative estimate of drug-likeness (QED) is 0.345. The normalized spacial score (nSPS) is 34.3. The van der Waals surface area contributed by atoms with Gasteiger partial charge < -0.3 is 25.1 Å². The van der Waals surface area contributed by atoms with Crippen LogP contribution in [0, 0.1) is 76.0 Å². The minimum Gasteiger partial charge on any atom is -0.508 e. The van der Waals surface area contributed by atoms with Gasteiger partial charge in [0.15, 0.2) is 0 Å². The van der Waals surface area contributed by atoms with Crippen LogP contribution in [0.4, 0.5) is 0 Å². The number of hydrogen-bond donors (Lipinski definition) is 2. The molecule has 0 bridgehead atoms. The molecule has 2 aromatic rings. The van der Waals surface area contributed by atoms with Crippen LogP contribution in [-0.4, -0.2) is 10.2 Å². The van der Waals surface area contributed by atoms with Crippen LogP contribution in [0.25, 0.3) is 0 Å². The summed E-state index contributed by atoms with van der Waals surface area (Å²) in [6, 6.07) is 12.0. The van der Waals surface area contributed by atoms with Gasteiger partial charge in [0.25, 0.3) is 0 Å². The molecule has 4 unspecified atom stereocenters. The minimum absolute atomic E-state index is 0. The van der Waals surface area contributed by atoms with Crippen LogP contribution in [0.2, 0.25) is 0 Å². The van der Waals surface area contributed by atoms with Crippen molar-refractivity contribution in [2.45, 2.75) is 81.1 Å². The van der Waals surface area contributed by atoms with Crippen molar-refractivity contribution in [1.29, 1.82) is 0 Å². The van der Waals surface area contributed by atoms with Gasteiger partial charge in [0.2, 0.25) is 0 Å². The summed E-state index contributed by atoms with van der Waals surface area (Å²) in [5.41, 5.74) is 4.79. The molecule has 2 nitrogen and oxygen atoms in total. The largest absolute Gasteiger partial charge is 2.00 e. The summed E-state index contributed by atoms with van der Waals surface area (Å²) in [5.74, 6) is 7.46. The van der Waals surface area contributed by atoms with Crippen LogP contribution >= 0.6 is 0 Å². The maximum Gasteiger partial charge on any atom is 2.00 e. The van der Waals surface area contributed by atoms with E-state index in [1.807, 2.05) is 24.3 Å². The molecule has 2 N–H and O–H groups in total. The number of aryl methyl sites for hydroxylation is 2. The van der Waals surface area contributed by atoms with Gasteiger partial charge in [0, 0.05) is 0 Å². The fourth-order valence-electron chi connectivity index (χ4n) is 7.20. The fourth-order valence-corrected chi connectivity index (χ4v) is 7.20. The van der Waals surface area contributed by atoms with Crippen molar-refractivity contribution >= 4 is 0 Å². The van der Waals surface area contributed by atoms with Crippen LogP contribution < -0.4 is 0 Å². The molecule has 2 aliphatic carbocycles. The zero-order valence-electron chi connectivity index (χ0n) is 25.6. The number of phenolic OH excluding ortho intramolecular Hbond substituents is 2. The van der Waals surface area contributed by atoms with Crippen LogP contribution in [0.5, 0.6) is 11.5 Å². The first-order valence-electron chi connectivity index (χ1n) is 13.5. The van der Waals surface area contributed by atoms with Gasteiger partial charge in [0.1, 0.15) is 11.5 Å². The maximum atomic E-state index is 10.1. The van der Waals surface area contributed by atoms with E-state index < -0.39 is 0 Å². The maximum absolute atomic E-state index is 10.1. The molecule has 0 aromatic heterocycles. The molecule has 0 spiro atoms. The average Bonchev–Trinajstić information content (AvgIpc) is 3.11. The van der Waals surface area contributed by atoms with E-state index in [1.165, 1.54) is 11.1 Å². The van der Waals surface area contributed by atoms with E-state index in [9.17, 15) is 10.2 Å². The van der Waals surface area contributed by atoms with Crippen molar-refractivity contribution < 1.29 is 36.4 Å². The number of aromatic hydroxyl groups is 2. The molecule has 2 saturated carbocycles. The first-order valence-corrected chi connectivity index (χ1v) is 13.5. The van der Waals surface area contributed by atoms with E-state index in [4.69, 9.17) is 0 Å². The van der Waals surface area contributed by atoms with E-state index >= 15 is 0 Å². The molecule has 2 fully saturated rings. The van der Waals surface area contributed by atoms with Crippen LogP contribution in [0.1, 0.15) is 89.5 Å². The molecule has 0 amide bonds. The number of hydrogen-bond acceptors (Lipinski definition) is 2. The Morgan fingerprint density at radius 1 is 0.459 bits per heavy atom. The first-order chi connectivity index (χ1) is 15.9. The van der Waals surface area contributed by atoms with Gasteiger partial charge in [-0.1, -0.05) is 90.8 Å². The second kappa shape index (κ2) is 14.3. The molecule has 3 heteroatoms. The molecule has 0 radical (unpaired) electrons. The zero-order chi connectivity index (χ0) is 25.5. The van der Waals surface area contributed by atoms with Crippen molar-refractivity contribution in [3.8, 4) is 11.5 Å². The Morgan fingerprint density at radius 3 is 0.946 bits per heavy atom. The van der Waals surface area contributed by atoms with Gasteiger partial charge in [-0.3, -0.25) is 0 Å². The zero-order valence-corrected chi connectivity index (χ0v) is 28.1. The van der Waals surface area contributed by atoms with E-state index in [0.717, 1.165) is 34.8 Å². The molecule has 206 valence electrons. The number of phenols is 2. The molecular weight excluding hydrogens is 532 g/mol. The summed E-state index contributed by atoms with van der Waals surface area (Å²) >= 11 is 0. The van der Waals surface area contributed by atoms with Gasteiger partial charge in [-0.05, 0) is 96.3 Å². The number of benzene rings is 2. The number of rotatable bonds is 2. The predicted molar refractivity (Wildman–Crippen MR) is 157 cm³/mol. The molecule has 37 heavy (non-hydrogen) atoms. The third-order valence-corrected chi connectivity index (χ3v) is 10.3. The van der Waals surface area contributed by atoms with Gasteiger partial charge in [-0.2, -0.15) is 0 Å². The summed E-state index contributed by atoms with van der Waals surface area (Å²) in [5, 5.41) is 20.2. The van der Waals surface area contributed by atoms with Crippen LogP contribution in [0.3, 0.4) is 0 Å². The van der Waals surface area contributed by atoms with Crippen molar-refractivity contribution in [2.75, 3.05) is 0 Å². The first kappa shape index (κ1) is 35.9. The Hall–Kier alpha value is -1.08.